The summed E-state index contributed by atoms with van der Waals surface area (Å²) < 4.78 is 0. The Bertz CT molecular complexity index is 2670. The summed E-state index contributed by atoms with van der Waals surface area (Å²) >= 11 is 0. The molecule has 0 bridgehead atoms. The van der Waals surface area contributed by atoms with E-state index in [1.54, 1.807) is 0 Å². The minimum absolute atomic E-state index is 0.0743. The first kappa shape index (κ1) is 40.6. The highest BCUT2D eigenvalue weighted by Gasteiger charge is 2.44. The first-order chi connectivity index (χ1) is 29.3. The third-order valence-corrected chi connectivity index (χ3v) is 13.4. The van der Waals surface area contributed by atoms with E-state index >= 15 is 0 Å². The van der Waals surface area contributed by atoms with E-state index in [1.807, 2.05) is 0 Å². The summed E-state index contributed by atoms with van der Waals surface area (Å²) in [5, 5.41) is 0. The molecule has 0 aliphatic carbocycles. The van der Waals surface area contributed by atoms with Crippen molar-refractivity contribution in [2.24, 2.45) is 0 Å². The topological polar surface area (TPSA) is 6.48 Å². The molecule has 0 aromatic heterocycles. The number of hydrogen-bond acceptors (Lipinski definition) is 2. The van der Waals surface area contributed by atoms with E-state index in [1.165, 1.54) is 106 Å². The summed E-state index contributed by atoms with van der Waals surface area (Å²) in [5.74, 6) is 2.23. The van der Waals surface area contributed by atoms with E-state index in [-0.39, 0.29) is 6.71 Å². The molecule has 0 atom stereocenters. The molecule has 0 radical (unpaired) electrons. The Balaban J connectivity index is 1.34. The third-order valence-electron chi connectivity index (χ3n) is 13.4. The zero-order valence-corrected chi connectivity index (χ0v) is 38.1. The average Bonchev–Trinajstić information content (AvgIpc) is 3.25. The van der Waals surface area contributed by atoms with Gasteiger partial charge in [0.15, 0.2) is 0 Å². The summed E-state index contributed by atoms with van der Waals surface area (Å²) in [6, 6.07) is 54.5. The second kappa shape index (κ2) is 15.9. The van der Waals surface area contributed by atoms with Gasteiger partial charge in [0.2, 0.25) is 0 Å². The van der Waals surface area contributed by atoms with E-state index in [9.17, 15) is 0 Å². The van der Waals surface area contributed by atoms with Crippen LogP contribution in [-0.2, 0) is 0 Å². The Kier molecular flexibility index (Phi) is 10.6. The van der Waals surface area contributed by atoms with Crippen LogP contribution in [0.15, 0.2) is 140 Å². The van der Waals surface area contributed by atoms with Crippen LogP contribution >= 0.6 is 0 Å². The molecule has 306 valence electrons. The molecule has 9 rings (SSSR count). The number of aryl methyl sites for hydroxylation is 1. The molecular weight excluding hydrogens is 735 g/mol. The molecule has 7 aromatic carbocycles. The summed E-state index contributed by atoms with van der Waals surface area (Å²) in [4.78, 5) is 5.15. The molecule has 0 N–H and O–H groups in total. The Morgan fingerprint density at radius 3 is 1.08 bits per heavy atom. The van der Waals surface area contributed by atoms with E-state index in [0.29, 0.717) is 29.6 Å². The van der Waals surface area contributed by atoms with Crippen LogP contribution in [-0.4, -0.2) is 6.71 Å². The monoisotopic (exact) mass is 796 g/mol. The van der Waals surface area contributed by atoms with Crippen LogP contribution in [0, 0.1) is 6.92 Å². The molecule has 0 amide bonds. The standard InChI is InChI=1S/C58H61BN2/c1-35(2)41-12-16-44(17-13-41)48-30-49(45-18-14-42(15-19-45)36(3)4)32-51(31-48)61-55-27-23-47(39(9)10)34-53(55)59-52-33-46(38(7)8)22-26-54(52)60(50-24-20-43(21-25-50)37(5)6)56-28-40(11)29-57(61)58(56)59/h12-39H,1-11H3. The van der Waals surface area contributed by atoms with Crippen molar-refractivity contribution in [3.05, 3.63) is 173 Å². The van der Waals surface area contributed by atoms with E-state index < -0.39 is 0 Å². The van der Waals surface area contributed by atoms with Crippen LogP contribution in [0.25, 0.3) is 22.3 Å². The van der Waals surface area contributed by atoms with Gasteiger partial charge in [-0.05, 0) is 163 Å². The molecule has 2 nitrogen and oxygen atoms in total. The van der Waals surface area contributed by atoms with Gasteiger partial charge in [-0.15, -0.1) is 0 Å². The fourth-order valence-electron chi connectivity index (χ4n) is 9.66. The van der Waals surface area contributed by atoms with Gasteiger partial charge in [0.25, 0.3) is 6.71 Å². The first-order valence-corrected chi connectivity index (χ1v) is 22.8. The van der Waals surface area contributed by atoms with Crippen LogP contribution in [0.1, 0.15) is 132 Å². The van der Waals surface area contributed by atoms with Gasteiger partial charge >= 0.3 is 0 Å². The normalized spacial score (nSPS) is 13.1. The van der Waals surface area contributed by atoms with E-state index in [2.05, 4.69) is 225 Å². The van der Waals surface area contributed by atoms with Crippen LogP contribution in [0.4, 0.5) is 34.1 Å². The van der Waals surface area contributed by atoms with Crippen LogP contribution < -0.4 is 26.2 Å². The predicted molar refractivity (Wildman–Crippen MR) is 267 cm³/mol. The Hall–Kier alpha value is -5.80. The molecular formula is C58H61BN2. The number of anilines is 6. The van der Waals surface area contributed by atoms with Gasteiger partial charge in [0, 0.05) is 34.1 Å². The lowest BCUT2D eigenvalue weighted by Gasteiger charge is -2.45. The van der Waals surface area contributed by atoms with E-state index in [0.717, 1.165) is 0 Å². The lowest BCUT2D eigenvalue weighted by atomic mass is 9.33. The number of benzene rings is 7. The molecule has 0 saturated heterocycles. The van der Waals surface area contributed by atoms with Gasteiger partial charge in [-0.3, -0.25) is 0 Å². The van der Waals surface area contributed by atoms with E-state index in [4.69, 9.17) is 0 Å². The Morgan fingerprint density at radius 2 is 0.689 bits per heavy atom. The van der Waals surface area contributed by atoms with Crippen molar-refractivity contribution < 1.29 is 0 Å². The van der Waals surface area contributed by atoms with Crippen molar-refractivity contribution >= 4 is 57.2 Å². The zero-order valence-electron chi connectivity index (χ0n) is 38.1. The maximum Gasteiger partial charge on any atom is 0.252 e. The molecule has 0 fully saturated rings. The molecule has 2 aliphatic heterocycles. The fraction of sp³-hybridized carbons (Fsp3) is 0.276. The van der Waals surface area contributed by atoms with Gasteiger partial charge in [-0.1, -0.05) is 154 Å². The van der Waals surface area contributed by atoms with Gasteiger partial charge in [0.1, 0.15) is 0 Å². The summed E-state index contributed by atoms with van der Waals surface area (Å²) in [5.41, 5.74) is 24.5. The second-order valence-corrected chi connectivity index (χ2v) is 19.3. The Labute approximate surface area is 366 Å². The van der Waals surface area contributed by atoms with Gasteiger partial charge < -0.3 is 9.80 Å². The maximum atomic E-state index is 2.59. The van der Waals surface area contributed by atoms with Crippen LogP contribution in [0.3, 0.4) is 0 Å². The van der Waals surface area contributed by atoms with Gasteiger partial charge in [-0.2, -0.15) is 0 Å². The fourth-order valence-corrected chi connectivity index (χ4v) is 9.66. The van der Waals surface area contributed by atoms with Crippen molar-refractivity contribution in [1.29, 1.82) is 0 Å². The lowest BCUT2D eigenvalue weighted by molar-refractivity contribution is 0.866. The molecule has 0 spiro atoms. The van der Waals surface area contributed by atoms with Crippen molar-refractivity contribution in [2.75, 3.05) is 9.80 Å². The average molecular weight is 797 g/mol. The smallest absolute Gasteiger partial charge is 0.252 e. The molecule has 3 heteroatoms. The van der Waals surface area contributed by atoms with Gasteiger partial charge in [0.05, 0.1) is 0 Å². The molecule has 0 unspecified atom stereocenters. The summed E-state index contributed by atoms with van der Waals surface area (Å²) in [6.45, 7) is 25.3. The summed E-state index contributed by atoms with van der Waals surface area (Å²) in [6.07, 6.45) is 0. The quantitative estimate of drug-likeness (QED) is 0.134. The lowest BCUT2D eigenvalue weighted by Crippen LogP contribution is -2.61. The maximum absolute atomic E-state index is 2.59. The van der Waals surface area contributed by atoms with Crippen LogP contribution in [0.5, 0.6) is 0 Å². The predicted octanol–water partition coefficient (Wildman–Crippen LogP) is 15.0. The molecule has 2 aliphatic rings. The SMILES string of the molecule is Cc1cc2c3c(c1)N(c1cc(-c4ccc(C(C)C)cc4)cc(-c4ccc(C(C)C)cc4)c1)c1ccc(C(C)C)cc1B3c1cc(C(C)C)ccc1N2c1ccc(C(C)C)cc1. The highest BCUT2D eigenvalue weighted by atomic mass is 15.2. The second-order valence-electron chi connectivity index (χ2n) is 19.3. The Morgan fingerprint density at radius 1 is 0.328 bits per heavy atom. The summed E-state index contributed by atoms with van der Waals surface area (Å²) in [7, 11) is 0. The van der Waals surface area contributed by atoms with Crippen molar-refractivity contribution in [1.82, 2.24) is 0 Å². The first-order valence-electron chi connectivity index (χ1n) is 22.8. The highest BCUT2D eigenvalue weighted by Crippen LogP contribution is 2.47. The third kappa shape index (κ3) is 7.31. The largest absolute Gasteiger partial charge is 0.311 e. The number of fused-ring (bicyclic) bond motifs is 4. The highest BCUT2D eigenvalue weighted by molar-refractivity contribution is 7.00. The number of hydrogen-bond donors (Lipinski definition) is 0. The van der Waals surface area contributed by atoms with Gasteiger partial charge in [-0.25, -0.2) is 0 Å². The zero-order chi connectivity index (χ0) is 42.9. The van der Waals surface area contributed by atoms with Crippen LogP contribution in [0.2, 0.25) is 0 Å². The molecule has 0 saturated carbocycles. The molecule has 61 heavy (non-hydrogen) atoms. The number of nitrogens with zero attached hydrogens (tertiary/aromatic N) is 2. The minimum atomic E-state index is 0.0743. The van der Waals surface area contributed by atoms with Crippen molar-refractivity contribution in [2.45, 2.75) is 106 Å². The number of rotatable bonds is 9. The molecule has 2 heterocycles. The van der Waals surface area contributed by atoms with Crippen molar-refractivity contribution in [3.8, 4) is 22.3 Å². The molecule has 7 aromatic rings. The van der Waals surface area contributed by atoms with Crippen molar-refractivity contribution in [3.63, 3.8) is 0 Å². The minimum Gasteiger partial charge on any atom is -0.311 e.